The Hall–Kier alpha value is -3.39. The highest BCUT2D eigenvalue weighted by Crippen LogP contribution is 2.24. The standard InChI is InChI=1S/C33H44N4O4/c1-23-12-14-28-19-26(23)21-34-32(39)29(15-13-24-7-3-2-4-8-24)36-33(40)30(35-27-10-5-11-27)20-31(38)37-17-6-9-25(22-37)16-18-41-28/h2-4,7-8,12,14,19,25,27,29-30,35H,5-6,9-11,13,15-18,20-22H2,1H3,(H,34,39)(H,36,40)/t25?,29-,30-/m0/s1. The summed E-state index contributed by atoms with van der Waals surface area (Å²) in [6, 6.07) is 14.8. The van der Waals surface area contributed by atoms with E-state index in [0.717, 1.165) is 67.5 Å². The van der Waals surface area contributed by atoms with E-state index in [1.54, 1.807) is 0 Å². The Balaban J connectivity index is 1.38. The van der Waals surface area contributed by atoms with Gasteiger partial charge in [0, 0.05) is 25.7 Å². The maximum Gasteiger partial charge on any atom is 0.242 e. The molecule has 5 rings (SSSR count). The number of carbonyl (C=O) groups excluding carboxylic acids is 3. The number of aryl methyl sites for hydroxylation is 2. The lowest BCUT2D eigenvalue weighted by atomic mass is 9.91. The molecule has 8 nitrogen and oxygen atoms in total. The molecular formula is C33H44N4O4. The van der Waals surface area contributed by atoms with Crippen LogP contribution < -0.4 is 20.7 Å². The van der Waals surface area contributed by atoms with Gasteiger partial charge in [0.15, 0.2) is 0 Å². The molecule has 2 fully saturated rings. The Morgan fingerprint density at radius 1 is 0.976 bits per heavy atom. The van der Waals surface area contributed by atoms with E-state index in [1.807, 2.05) is 60.4 Å². The van der Waals surface area contributed by atoms with Crippen LogP contribution in [0, 0.1) is 12.8 Å². The van der Waals surface area contributed by atoms with E-state index >= 15 is 0 Å². The van der Waals surface area contributed by atoms with Crippen LogP contribution in [-0.2, 0) is 27.3 Å². The molecule has 3 atom stereocenters. The molecule has 1 unspecified atom stereocenters. The third-order valence-corrected chi connectivity index (χ3v) is 8.87. The molecular weight excluding hydrogens is 516 g/mol. The number of amides is 3. The van der Waals surface area contributed by atoms with Gasteiger partial charge in [0.2, 0.25) is 17.7 Å². The largest absolute Gasteiger partial charge is 0.494 e. The molecule has 220 valence electrons. The number of fused-ring (bicyclic) bond motifs is 4. The first-order valence-corrected chi connectivity index (χ1v) is 15.3. The van der Waals surface area contributed by atoms with Crippen molar-refractivity contribution in [1.82, 2.24) is 20.9 Å². The zero-order valence-electron chi connectivity index (χ0n) is 24.2. The van der Waals surface area contributed by atoms with E-state index in [2.05, 4.69) is 16.0 Å². The minimum Gasteiger partial charge on any atom is -0.494 e. The maximum atomic E-state index is 13.7. The van der Waals surface area contributed by atoms with Gasteiger partial charge in [-0.15, -0.1) is 0 Å². The number of rotatable bonds is 5. The van der Waals surface area contributed by atoms with Gasteiger partial charge in [-0.25, -0.2) is 0 Å². The average Bonchev–Trinajstić information content (AvgIpc) is 2.96. The molecule has 0 spiro atoms. The van der Waals surface area contributed by atoms with Gasteiger partial charge >= 0.3 is 0 Å². The fourth-order valence-corrected chi connectivity index (χ4v) is 5.99. The highest BCUT2D eigenvalue weighted by atomic mass is 16.5. The van der Waals surface area contributed by atoms with Crippen LogP contribution in [0.5, 0.6) is 5.75 Å². The molecule has 1 saturated carbocycles. The molecule has 41 heavy (non-hydrogen) atoms. The number of hydrogen-bond donors (Lipinski definition) is 3. The van der Waals surface area contributed by atoms with Crippen LogP contribution in [0.25, 0.3) is 0 Å². The van der Waals surface area contributed by atoms with E-state index < -0.39 is 12.1 Å². The fraction of sp³-hybridized carbons (Fsp3) is 0.545. The second-order valence-electron chi connectivity index (χ2n) is 11.9. The van der Waals surface area contributed by atoms with Crippen molar-refractivity contribution < 1.29 is 19.1 Å². The second-order valence-corrected chi connectivity index (χ2v) is 11.9. The first-order chi connectivity index (χ1) is 19.9. The Labute approximate surface area is 243 Å². The van der Waals surface area contributed by atoms with Gasteiger partial charge in [0.1, 0.15) is 11.8 Å². The van der Waals surface area contributed by atoms with Gasteiger partial charge in [-0.1, -0.05) is 42.8 Å². The summed E-state index contributed by atoms with van der Waals surface area (Å²) in [7, 11) is 0. The molecule has 2 aromatic rings. The van der Waals surface area contributed by atoms with Crippen LogP contribution in [0.3, 0.4) is 0 Å². The van der Waals surface area contributed by atoms with Gasteiger partial charge < -0.3 is 25.6 Å². The highest BCUT2D eigenvalue weighted by Gasteiger charge is 2.33. The summed E-state index contributed by atoms with van der Waals surface area (Å²) in [6.45, 7) is 4.37. The third-order valence-electron chi connectivity index (χ3n) is 8.87. The van der Waals surface area contributed by atoms with Crippen molar-refractivity contribution >= 4 is 17.7 Å². The number of piperidine rings is 1. The molecule has 2 aliphatic heterocycles. The lowest BCUT2D eigenvalue weighted by Crippen LogP contribution is -2.56. The fourth-order valence-electron chi connectivity index (χ4n) is 5.99. The van der Waals surface area contributed by atoms with Crippen molar-refractivity contribution in [1.29, 1.82) is 0 Å². The predicted octanol–water partition coefficient (Wildman–Crippen LogP) is 3.65. The summed E-state index contributed by atoms with van der Waals surface area (Å²) in [6.07, 6.45) is 7.24. The number of ether oxygens (including phenoxy) is 1. The monoisotopic (exact) mass is 560 g/mol. The number of benzene rings is 2. The molecule has 2 aromatic carbocycles. The SMILES string of the molecule is Cc1ccc2cc1CNC(=O)[C@H](CCc1ccccc1)NC(=O)[C@@H](NC1CCC1)CC(=O)N1CCCC(CCO2)C1. The average molecular weight is 561 g/mol. The van der Waals surface area contributed by atoms with Crippen LogP contribution >= 0.6 is 0 Å². The van der Waals surface area contributed by atoms with Crippen molar-refractivity contribution in [2.24, 2.45) is 5.92 Å². The Morgan fingerprint density at radius 2 is 1.80 bits per heavy atom. The number of nitrogens with zero attached hydrogens (tertiary/aromatic N) is 1. The molecule has 0 radical (unpaired) electrons. The van der Waals surface area contributed by atoms with Crippen LogP contribution in [0.4, 0.5) is 0 Å². The summed E-state index contributed by atoms with van der Waals surface area (Å²) in [4.78, 5) is 42.6. The summed E-state index contributed by atoms with van der Waals surface area (Å²) in [5.41, 5.74) is 3.17. The summed E-state index contributed by atoms with van der Waals surface area (Å²) in [5.74, 6) is 0.652. The van der Waals surface area contributed by atoms with Crippen LogP contribution in [0.2, 0.25) is 0 Å². The molecule has 4 bridgehead atoms. The van der Waals surface area contributed by atoms with Crippen molar-refractivity contribution in [3.8, 4) is 5.75 Å². The molecule has 3 aliphatic rings. The third kappa shape index (κ3) is 8.09. The van der Waals surface area contributed by atoms with Crippen molar-refractivity contribution in [2.75, 3.05) is 19.7 Å². The van der Waals surface area contributed by atoms with Crippen molar-refractivity contribution in [3.05, 3.63) is 65.2 Å². The Bertz CT molecular complexity index is 1200. The summed E-state index contributed by atoms with van der Waals surface area (Å²) >= 11 is 0. The number of hydrogen-bond acceptors (Lipinski definition) is 5. The minimum absolute atomic E-state index is 0.00262. The zero-order valence-corrected chi connectivity index (χ0v) is 24.2. The van der Waals surface area contributed by atoms with Crippen LogP contribution in [-0.4, -0.2) is 60.4 Å². The Morgan fingerprint density at radius 3 is 2.59 bits per heavy atom. The molecule has 3 N–H and O–H groups in total. The first kappa shape index (κ1) is 29.1. The Kier molecular flexibility index (Phi) is 9.93. The topological polar surface area (TPSA) is 99.8 Å². The lowest BCUT2D eigenvalue weighted by molar-refractivity contribution is -0.137. The molecule has 1 saturated heterocycles. The first-order valence-electron chi connectivity index (χ1n) is 15.3. The highest BCUT2D eigenvalue weighted by molar-refractivity contribution is 5.92. The lowest BCUT2D eigenvalue weighted by Gasteiger charge is -2.35. The van der Waals surface area contributed by atoms with Gasteiger partial charge in [-0.05, 0) is 86.6 Å². The van der Waals surface area contributed by atoms with Crippen LogP contribution in [0.1, 0.15) is 68.1 Å². The summed E-state index contributed by atoms with van der Waals surface area (Å²) < 4.78 is 6.11. The quantitative estimate of drug-likeness (QED) is 0.519. The van der Waals surface area contributed by atoms with E-state index in [-0.39, 0.29) is 30.2 Å². The molecule has 3 amide bonds. The van der Waals surface area contributed by atoms with E-state index in [4.69, 9.17) is 4.74 Å². The van der Waals surface area contributed by atoms with E-state index in [9.17, 15) is 14.4 Å². The number of nitrogens with one attached hydrogen (secondary N) is 3. The van der Waals surface area contributed by atoms with Crippen LogP contribution in [0.15, 0.2) is 48.5 Å². The second kappa shape index (κ2) is 14.0. The summed E-state index contributed by atoms with van der Waals surface area (Å²) in [5, 5.41) is 9.53. The van der Waals surface area contributed by atoms with Crippen molar-refractivity contribution in [2.45, 2.75) is 89.4 Å². The molecule has 1 aliphatic carbocycles. The maximum absolute atomic E-state index is 13.7. The zero-order chi connectivity index (χ0) is 28.6. The molecule has 2 heterocycles. The smallest absolute Gasteiger partial charge is 0.242 e. The van der Waals surface area contributed by atoms with E-state index in [0.29, 0.717) is 38.5 Å². The predicted molar refractivity (Wildman–Crippen MR) is 158 cm³/mol. The van der Waals surface area contributed by atoms with Gasteiger partial charge in [0.25, 0.3) is 0 Å². The number of carbonyl (C=O) groups is 3. The molecule has 8 heteroatoms. The minimum atomic E-state index is -0.721. The van der Waals surface area contributed by atoms with Gasteiger partial charge in [-0.3, -0.25) is 14.4 Å². The molecule has 0 aromatic heterocycles. The van der Waals surface area contributed by atoms with Gasteiger partial charge in [-0.2, -0.15) is 0 Å². The normalized spacial score (nSPS) is 24.8. The van der Waals surface area contributed by atoms with E-state index in [1.165, 1.54) is 0 Å². The van der Waals surface area contributed by atoms with Gasteiger partial charge in [0.05, 0.1) is 19.1 Å². The van der Waals surface area contributed by atoms with Crippen molar-refractivity contribution in [3.63, 3.8) is 0 Å².